The second-order valence-electron chi connectivity index (χ2n) is 5.35. The summed E-state index contributed by atoms with van der Waals surface area (Å²) in [4.78, 5) is 0. The first-order valence-corrected chi connectivity index (χ1v) is 7.39. The lowest BCUT2D eigenvalue weighted by Crippen LogP contribution is -2.34. The van der Waals surface area contributed by atoms with Crippen LogP contribution in [0, 0.1) is 11.8 Å². The van der Waals surface area contributed by atoms with Gasteiger partial charge in [-0.2, -0.15) is 0 Å². The molecule has 2 N–H and O–H groups in total. The maximum atomic E-state index is 9.36. The van der Waals surface area contributed by atoms with E-state index in [9.17, 15) is 5.11 Å². The molecular formula is C16H25NO2. The van der Waals surface area contributed by atoms with E-state index in [0.29, 0.717) is 25.0 Å². The summed E-state index contributed by atoms with van der Waals surface area (Å²) in [5, 5.41) is 12.8. The second kappa shape index (κ2) is 8.18. The van der Waals surface area contributed by atoms with Crippen molar-refractivity contribution in [2.24, 2.45) is 11.8 Å². The van der Waals surface area contributed by atoms with E-state index < -0.39 is 0 Å². The number of para-hydroxylation sites is 1. The molecule has 3 nitrogen and oxygen atoms in total. The van der Waals surface area contributed by atoms with Crippen LogP contribution in [-0.2, 0) is 0 Å². The van der Waals surface area contributed by atoms with E-state index in [2.05, 4.69) is 5.32 Å². The Morgan fingerprint density at radius 2 is 1.84 bits per heavy atom. The molecule has 19 heavy (non-hydrogen) atoms. The van der Waals surface area contributed by atoms with E-state index in [0.717, 1.165) is 18.8 Å². The summed E-state index contributed by atoms with van der Waals surface area (Å²) in [5.74, 6) is 2.06. The van der Waals surface area contributed by atoms with Gasteiger partial charge < -0.3 is 15.2 Å². The standard InChI is InChI=1S/C16H25NO2/c18-13-15-7-5-4-6-14(15)12-17-10-11-19-16-8-2-1-3-9-16/h1-3,8-9,14-15,17-18H,4-7,10-13H2. The number of hydrogen-bond acceptors (Lipinski definition) is 3. The molecule has 3 heteroatoms. The maximum absolute atomic E-state index is 9.36. The maximum Gasteiger partial charge on any atom is 0.119 e. The molecule has 1 fully saturated rings. The third-order valence-corrected chi connectivity index (χ3v) is 4.00. The molecule has 1 aliphatic rings. The quantitative estimate of drug-likeness (QED) is 0.743. The summed E-state index contributed by atoms with van der Waals surface area (Å²) in [6.07, 6.45) is 5.02. The first kappa shape index (κ1) is 14.4. The number of aliphatic hydroxyl groups is 1. The van der Waals surface area contributed by atoms with Crippen molar-refractivity contribution < 1.29 is 9.84 Å². The molecule has 1 aromatic carbocycles. The molecule has 0 aliphatic heterocycles. The van der Waals surface area contributed by atoms with Gasteiger partial charge in [0.05, 0.1) is 0 Å². The van der Waals surface area contributed by atoms with Crippen molar-refractivity contribution in [3.8, 4) is 5.75 Å². The van der Waals surface area contributed by atoms with Gasteiger partial charge in [0.25, 0.3) is 0 Å². The smallest absolute Gasteiger partial charge is 0.119 e. The van der Waals surface area contributed by atoms with Crippen molar-refractivity contribution in [1.82, 2.24) is 5.32 Å². The Hall–Kier alpha value is -1.06. The predicted octanol–water partition coefficient (Wildman–Crippen LogP) is 2.45. The third kappa shape index (κ3) is 4.84. The number of rotatable bonds is 7. The summed E-state index contributed by atoms with van der Waals surface area (Å²) >= 11 is 0. The molecule has 0 heterocycles. The highest BCUT2D eigenvalue weighted by Gasteiger charge is 2.23. The van der Waals surface area contributed by atoms with Gasteiger partial charge in [-0.05, 0) is 43.4 Å². The Morgan fingerprint density at radius 3 is 2.58 bits per heavy atom. The van der Waals surface area contributed by atoms with E-state index in [1.54, 1.807) is 0 Å². The lowest BCUT2D eigenvalue weighted by atomic mass is 9.80. The zero-order valence-corrected chi connectivity index (χ0v) is 11.6. The highest BCUT2D eigenvalue weighted by molar-refractivity contribution is 5.20. The van der Waals surface area contributed by atoms with Crippen LogP contribution in [0.3, 0.4) is 0 Å². The summed E-state index contributed by atoms with van der Waals surface area (Å²) in [7, 11) is 0. The highest BCUT2D eigenvalue weighted by Crippen LogP contribution is 2.28. The number of hydrogen-bond donors (Lipinski definition) is 2. The SMILES string of the molecule is OCC1CCCCC1CNCCOc1ccccc1. The zero-order chi connectivity index (χ0) is 13.3. The Labute approximate surface area is 116 Å². The van der Waals surface area contributed by atoms with Crippen LogP contribution in [0.5, 0.6) is 5.75 Å². The Balaban J connectivity index is 1.58. The average Bonchev–Trinajstić information content (AvgIpc) is 2.48. The van der Waals surface area contributed by atoms with Gasteiger partial charge in [-0.1, -0.05) is 31.0 Å². The summed E-state index contributed by atoms with van der Waals surface area (Å²) < 4.78 is 5.64. The van der Waals surface area contributed by atoms with Gasteiger partial charge in [-0.15, -0.1) is 0 Å². The normalized spacial score (nSPS) is 23.2. The largest absolute Gasteiger partial charge is 0.492 e. The zero-order valence-electron chi connectivity index (χ0n) is 11.6. The van der Waals surface area contributed by atoms with Gasteiger partial charge in [0.2, 0.25) is 0 Å². The second-order valence-corrected chi connectivity index (χ2v) is 5.35. The summed E-state index contributed by atoms with van der Waals surface area (Å²) in [6, 6.07) is 9.91. The predicted molar refractivity (Wildman–Crippen MR) is 77.3 cm³/mol. The number of nitrogens with one attached hydrogen (secondary N) is 1. The fourth-order valence-corrected chi connectivity index (χ4v) is 2.84. The van der Waals surface area contributed by atoms with E-state index in [-0.39, 0.29) is 0 Å². The summed E-state index contributed by atoms with van der Waals surface area (Å²) in [5.41, 5.74) is 0. The molecule has 0 radical (unpaired) electrons. The van der Waals surface area contributed by atoms with Crippen molar-refractivity contribution in [1.29, 1.82) is 0 Å². The molecule has 1 aromatic rings. The van der Waals surface area contributed by atoms with Crippen LogP contribution in [-0.4, -0.2) is 31.4 Å². The molecule has 0 saturated heterocycles. The monoisotopic (exact) mass is 263 g/mol. The molecule has 1 saturated carbocycles. The van der Waals surface area contributed by atoms with Crippen molar-refractivity contribution >= 4 is 0 Å². The molecule has 106 valence electrons. The van der Waals surface area contributed by atoms with Crippen molar-refractivity contribution in [3.63, 3.8) is 0 Å². The van der Waals surface area contributed by atoms with E-state index >= 15 is 0 Å². The van der Waals surface area contributed by atoms with Gasteiger partial charge >= 0.3 is 0 Å². The molecular weight excluding hydrogens is 238 g/mol. The minimum atomic E-state index is 0.340. The van der Waals surface area contributed by atoms with Crippen LogP contribution in [0.1, 0.15) is 25.7 Å². The molecule has 2 atom stereocenters. The van der Waals surface area contributed by atoms with E-state index in [1.165, 1.54) is 25.7 Å². The minimum absolute atomic E-state index is 0.340. The number of benzene rings is 1. The van der Waals surface area contributed by atoms with Crippen LogP contribution in [0.25, 0.3) is 0 Å². The van der Waals surface area contributed by atoms with Crippen LogP contribution in [0.15, 0.2) is 30.3 Å². The lowest BCUT2D eigenvalue weighted by molar-refractivity contribution is 0.132. The van der Waals surface area contributed by atoms with Gasteiger partial charge in [0.1, 0.15) is 12.4 Å². The fraction of sp³-hybridized carbons (Fsp3) is 0.625. The molecule has 0 bridgehead atoms. The molecule has 2 rings (SSSR count). The molecule has 2 unspecified atom stereocenters. The van der Waals surface area contributed by atoms with Gasteiger partial charge in [-0.3, -0.25) is 0 Å². The Morgan fingerprint density at radius 1 is 1.11 bits per heavy atom. The average molecular weight is 263 g/mol. The first-order chi connectivity index (χ1) is 9.40. The molecule has 0 amide bonds. The number of aliphatic hydroxyl groups excluding tert-OH is 1. The Bertz CT molecular complexity index is 342. The van der Waals surface area contributed by atoms with E-state index in [4.69, 9.17) is 4.74 Å². The highest BCUT2D eigenvalue weighted by atomic mass is 16.5. The van der Waals surface area contributed by atoms with Crippen molar-refractivity contribution in [2.75, 3.05) is 26.3 Å². The molecule has 0 spiro atoms. The summed E-state index contributed by atoms with van der Waals surface area (Å²) in [6.45, 7) is 2.90. The van der Waals surface area contributed by atoms with Crippen molar-refractivity contribution in [3.05, 3.63) is 30.3 Å². The lowest BCUT2D eigenvalue weighted by Gasteiger charge is -2.30. The topological polar surface area (TPSA) is 41.5 Å². The van der Waals surface area contributed by atoms with Crippen LogP contribution in [0.2, 0.25) is 0 Å². The van der Waals surface area contributed by atoms with Gasteiger partial charge in [0, 0.05) is 13.2 Å². The minimum Gasteiger partial charge on any atom is -0.492 e. The fourth-order valence-electron chi connectivity index (χ4n) is 2.84. The Kier molecular flexibility index (Phi) is 6.18. The first-order valence-electron chi connectivity index (χ1n) is 7.39. The van der Waals surface area contributed by atoms with Crippen molar-refractivity contribution in [2.45, 2.75) is 25.7 Å². The van der Waals surface area contributed by atoms with Crippen LogP contribution in [0.4, 0.5) is 0 Å². The number of ether oxygens (including phenoxy) is 1. The molecule has 0 aromatic heterocycles. The van der Waals surface area contributed by atoms with Crippen LogP contribution < -0.4 is 10.1 Å². The van der Waals surface area contributed by atoms with Gasteiger partial charge in [0.15, 0.2) is 0 Å². The van der Waals surface area contributed by atoms with E-state index in [1.807, 2.05) is 30.3 Å². The van der Waals surface area contributed by atoms with Crippen LogP contribution >= 0.6 is 0 Å². The van der Waals surface area contributed by atoms with Gasteiger partial charge in [-0.25, -0.2) is 0 Å². The third-order valence-electron chi connectivity index (χ3n) is 4.00. The molecule has 1 aliphatic carbocycles.